The highest BCUT2D eigenvalue weighted by Crippen LogP contribution is 2.40. The summed E-state index contributed by atoms with van der Waals surface area (Å²) in [6, 6.07) is 8.65. The molecule has 1 aromatic heterocycles. The summed E-state index contributed by atoms with van der Waals surface area (Å²) < 4.78 is 21.3. The second-order valence-electron chi connectivity index (χ2n) is 3.84. The number of anilines is 1. The van der Waals surface area contributed by atoms with E-state index in [0.29, 0.717) is 34.7 Å². The van der Waals surface area contributed by atoms with Gasteiger partial charge in [-0.25, -0.2) is 0 Å². The van der Waals surface area contributed by atoms with Crippen LogP contribution >= 0.6 is 0 Å². The molecule has 0 radical (unpaired) electrons. The molecule has 2 N–H and O–H groups in total. The van der Waals surface area contributed by atoms with E-state index >= 15 is 0 Å². The van der Waals surface area contributed by atoms with Crippen molar-refractivity contribution in [2.75, 3.05) is 27.1 Å². The van der Waals surface area contributed by atoms with Gasteiger partial charge in [-0.1, -0.05) is 6.07 Å². The van der Waals surface area contributed by atoms with Gasteiger partial charge in [0.05, 0.1) is 27.0 Å². The maximum absolute atomic E-state index is 5.72. The number of hydrogen-bond donors (Lipinski definition) is 1. The topological polar surface area (TPSA) is 75.8 Å². The van der Waals surface area contributed by atoms with Crippen molar-refractivity contribution in [2.45, 2.75) is 0 Å². The Morgan fingerprint density at radius 3 is 2.10 bits per heavy atom. The Morgan fingerprint density at radius 1 is 0.900 bits per heavy atom. The summed E-state index contributed by atoms with van der Waals surface area (Å²) in [4.78, 5) is 4.16. The van der Waals surface area contributed by atoms with Gasteiger partial charge in [-0.3, -0.25) is 0 Å². The Labute approximate surface area is 117 Å². The van der Waals surface area contributed by atoms with Crippen molar-refractivity contribution in [3.63, 3.8) is 0 Å². The highest BCUT2D eigenvalue weighted by molar-refractivity contribution is 5.54. The molecular formula is C14H16N2O4. The summed E-state index contributed by atoms with van der Waals surface area (Å²) >= 11 is 0. The highest BCUT2D eigenvalue weighted by Gasteiger charge is 2.14. The molecule has 6 heteroatoms. The van der Waals surface area contributed by atoms with Gasteiger partial charge in [0, 0.05) is 6.07 Å². The van der Waals surface area contributed by atoms with E-state index in [4.69, 9.17) is 24.7 Å². The van der Waals surface area contributed by atoms with Gasteiger partial charge in [-0.05, 0) is 18.2 Å². The fourth-order valence-electron chi connectivity index (χ4n) is 1.68. The van der Waals surface area contributed by atoms with Crippen LogP contribution in [0.5, 0.6) is 29.0 Å². The van der Waals surface area contributed by atoms with Crippen LogP contribution in [0.15, 0.2) is 30.3 Å². The van der Waals surface area contributed by atoms with Crippen LogP contribution < -0.4 is 24.7 Å². The lowest BCUT2D eigenvalue weighted by Gasteiger charge is -2.13. The minimum absolute atomic E-state index is 0.302. The summed E-state index contributed by atoms with van der Waals surface area (Å²) in [5.41, 5.74) is 6.15. The number of hydrogen-bond acceptors (Lipinski definition) is 6. The van der Waals surface area contributed by atoms with Crippen LogP contribution in [0, 0.1) is 0 Å². The van der Waals surface area contributed by atoms with Crippen LogP contribution in [0.3, 0.4) is 0 Å². The molecule has 2 aromatic rings. The summed E-state index contributed by atoms with van der Waals surface area (Å²) in [5.74, 6) is 2.16. The van der Waals surface area contributed by atoms with Crippen LogP contribution in [0.1, 0.15) is 0 Å². The number of ether oxygens (including phenoxy) is 4. The second-order valence-corrected chi connectivity index (χ2v) is 3.84. The fourth-order valence-corrected chi connectivity index (χ4v) is 1.68. The molecule has 2 rings (SSSR count). The highest BCUT2D eigenvalue weighted by atomic mass is 16.5. The molecule has 0 saturated carbocycles. The number of rotatable bonds is 5. The number of methoxy groups -OCH3 is 3. The predicted octanol–water partition coefficient (Wildman–Crippen LogP) is 2.48. The number of nitrogens with zero attached hydrogens (tertiary/aromatic N) is 1. The Morgan fingerprint density at radius 2 is 1.55 bits per heavy atom. The Hall–Kier alpha value is -2.63. The lowest BCUT2D eigenvalue weighted by atomic mass is 10.3. The summed E-state index contributed by atoms with van der Waals surface area (Å²) in [6.45, 7) is 0. The first-order valence-electron chi connectivity index (χ1n) is 5.89. The van der Waals surface area contributed by atoms with Gasteiger partial charge in [-0.15, -0.1) is 0 Å². The van der Waals surface area contributed by atoms with Gasteiger partial charge in [-0.2, -0.15) is 4.98 Å². The van der Waals surface area contributed by atoms with Gasteiger partial charge in [0.1, 0.15) is 0 Å². The van der Waals surface area contributed by atoms with E-state index in [1.54, 1.807) is 38.5 Å². The van der Waals surface area contributed by atoms with Crippen molar-refractivity contribution in [1.29, 1.82) is 0 Å². The van der Waals surface area contributed by atoms with Crippen molar-refractivity contribution in [3.05, 3.63) is 30.3 Å². The average Bonchev–Trinajstić information content (AvgIpc) is 2.49. The van der Waals surface area contributed by atoms with E-state index in [1.807, 2.05) is 6.07 Å². The number of pyridine rings is 1. The maximum atomic E-state index is 5.72. The molecule has 0 fully saturated rings. The molecule has 106 valence electrons. The monoisotopic (exact) mass is 276 g/mol. The molecule has 0 spiro atoms. The Balaban J connectivity index is 2.39. The first-order valence-corrected chi connectivity index (χ1v) is 5.89. The molecule has 1 heterocycles. The summed E-state index contributed by atoms with van der Waals surface area (Å²) in [5, 5.41) is 0. The number of benzene rings is 1. The van der Waals surface area contributed by atoms with Gasteiger partial charge >= 0.3 is 0 Å². The van der Waals surface area contributed by atoms with Crippen LogP contribution in [0.25, 0.3) is 0 Å². The number of aromatic nitrogens is 1. The molecule has 20 heavy (non-hydrogen) atoms. The smallest absolute Gasteiger partial charge is 0.240 e. The Bertz CT molecular complexity index is 579. The molecule has 0 aliphatic carbocycles. The van der Waals surface area contributed by atoms with Crippen LogP contribution in [-0.2, 0) is 0 Å². The molecular weight excluding hydrogens is 260 g/mol. The van der Waals surface area contributed by atoms with E-state index in [0.717, 1.165) is 0 Å². The molecule has 0 atom stereocenters. The molecule has 0 saturated heterocycles. The SMILES string of the molecule is COc1cccc(OC)c1Oc1ccc(N)c(OC)n1. The molecule has 0 aliphatic rings. The molecule has 0 bridgehead atoms. The lowest BCUT2D eigenvalue weighted by molar-refractivity contribution is 0.337. The van der Waals surface area contributed by atoms with Crippen molar-refractivity contribution in [3.8, 4) is 29.0 Å². The predicted molar refractivity (Wildman–Crippen MR) is 74.8 cm³/mol. The number of para-hydroxylation sites is 1. The van der Waals surface area contributed by atoms with Gasteiger partial charge in [0.25, 0.3) is 0 Å². The van der Waals surface area contributed by atoms with E-state index < -0.39 is 0 Å². The quantitative estimate of drug-likeness (QED) is 0.904. The van der Waals surface area contributed by atoms with Crippen LogP contribution in [0.4, 0.5) is 5.69 Å². The van der Waals surface area contributed by atoms with Crippen LogP contribution in [-0.4, -0.2) is 26.3 Å². The number of nitrogen functional groups attached to an aromatic ring is 1. The van der Waals surface area contributed by atoms with Crippen LogP contribution in [0.2, 0.25) is 0 Å². The minimum Gasteiger partial charge on any atom is -0.493 e. The first kappa shape index (κ1) is 13.8. The van der Waals surface area contributed by atoms with Gasteiger partial charge < -0.3 is 24.7 Å². The molecule has 6 nitrogen and oxygen atoms in total. The van der Waals surface area contributed by atoms with Crippen molar-refractivity contribution in [2.24, 2.45) is 0 Å². The number of nitrogens with two attached hydrogens (primary N) is 1. The standard InChI is InChI=1S/C14H16N2O4/c1-17-10-5-4-6-11(18-2)13(10)20-12-8-7-9(15)14(16-12)19-3/h4-8H,15H2,1-3H3. The fraction of sp³-hybridized carbons (Fsp3) is 0.214. The van der Waals surface area contributed by atoms with E-state index in [-0.39, 0.29) is 0 Å². The van der Waals surface area contributed by atoms with E-state index in [2.05, 4.69) is 4.98 Å². The van der Waals surface area contributed by atoms with E-state index in [1.165, 1.54) is 7.11 Å². The third-order valence-electron chi connectivity index (χ3n) is 2.65. The summed E-state index contributed by atoms with van der Waals surface area (Å²) in [6.07, 6.45) is 0. The second kappa shape index (κ2) is 6.01. The van der Waals surface area contributed by atoms with Gasteiger partial charge in [0.2, 0.25) is 17.5 Å². The largest absolute Gasteiger partial charge is 0.493 e. The normalized spacial score (nSPS) is 9.95. The lowest BCUT2D eigenvalue weighted by Crippen LogP contribution is -1.99. The molecule has 0 unspecified atom stereocenters. The molecule has 0 aliphatic heterocycles. The minimum atomic E-state index is 0.302. The maximum Gasteiger partial charge on any atom is 0.240 e. The van der Waals surface area contributed by atoms with Crippen molar-refractivity contribution >= 4 is 5.69 Å². The third-order valence-corrected chi connectivity index (χ3v) is 2.65. The average molecular weight is 276 g/mol. The van der Waals surface area contributed by atoms with Gasteiger partial charge in [0.15, 0.2) is 11.5 Å². The first-order chi connectivity index (χ1) is 9.69. The molecule has 1 aromatic carbocycles. The van der Waals surface area contributed by atoms with E-state index in [9.17, 15) is 0 Å². The molecule has 0 amide bonds. The summed E-state index contributed by atoms with van der Waals surface area (Å²) in [7, 11) is 4.60. The third kappa shape index (κ3) is 2.69. The zero-order chi connectivity index (χ0) is 14.5. The zero-order valence-corrected chi connectivity index (χ0v) is 11.5. The zero-order valence-electron chi connectivity index (χ0n) is 11.5. The van der Waals surface area contributed by atoms with Crippen molar-refractivity contribution < 1.29 is 18.9 Å². The van der Waals surface area contributed by atoms with Crippen molar-refractivity contribution in [1.82, 2.24) is 4.98 Å². The Kier molecular flexibility index (Phi) is 4.14.